The smallest absolute Gasteiger partial charge is 0.459 e. The molecule has 0 spiro atoms. The van der Waals surface area contributed by atoms with Gasteiger partial charge in [-0.05, 0) is 55.5 Å². The second-order valence-corrected chi connectivity index (χ2v) is 9.41. The summed E-state index contributed by atoms with van der Waals surface area (Å²) in [7, 11) is -4.05. The fourth-order valence-electron chi connectivity index (χ4n) is 3.33. The van der Waals surface area contributed by atoms with Gasteiger partial charge in [0.2, 0.25) is 0 Å². The molecule has 0 radical (unpaired) electrons. The van der Waals surface area contributed by atoms with Crippen molar-refractivity contribution in [1.29, 1.82) is 0 Å². The van der Waals surface area contributed by atoms with Gasteiger partial charge in [0.05, 0.1) is 17.9 Å². The number of esters is 1. The number of rotatable bonds is 10. The van der Waals surface area contributed by atoms with Gasteiger partial charge in [-0.25, -0.2) is 9.36 Å². The van der Waals surface area contributed by atoms with Crippen molar-refractivity contribution in [1.82, 2.24) is 4.98 Å². The van der Waals surface area contributed by atoms with Gasteiger partial charge in [0.15, 0.2) is 5.78 Å². The first-order valence-corrected chi connectivity index (χ1v) is 12.7. The molecule has 0 aliphatic heterocycles. The van der Waals surface area contributed by atoms with E-state index in [1.165, 1.54) is 12.3 Å². The zero-order valence-electron chi connectivity index (χ0n) is 19.1. The number of pyridine rings is 1. The van der Waals surface area contributed by atoms with E-state index in [0.29, 0.717) is 22.9 Å². The van der Waals surface area contributed by atoms with Crippen LogP contribution in [-0.2, 0) is 9.30 Å². The molecule has 0 fully saturated rings. The molecule has 1 heterocycles. The third kappa shape index (κ3) is 6.28. The van der Waals surface area contributed by atoms with E-state index < -0.39 is 19.3 Å². The molecule has 0 bridgehead atoms. The third-order valence-corrected chi connectivity index (χ3v) is 6.87. The highest BCUT2D eigenvalue weighted by atomic mass is 31.2. The Morgan fingerprint density at radius 1 is 0.857 bits per heavy atom. The Kier molecular flexibility index (Phi) is 7.81. The minimum absolute atomic E-state index is 0.231. The lowest BCUT2D eigenvalue weighted by Gasteiger charge is -2.28. The summed E-state index contributed by atoms with van der Waals surface area (Å²) in [5.74, 6) is -0.821. The van der Waals surface area contributed by atoms with Gasteiger partial charge in [0.1, 0.15) is 11.5 Å². The van der Waals surface area contributed by atoms with Crippen LogP contribution in [-0.4, -0.2) is 17.6 Å². The van der Waals surface area contributed by atoms with Crippen molar-refractivity contribution in [3.8, 4) is 11.5 Å². The lowest BCUT2D eigenvalue weighted by molar-refractivity contribution is 0.0526. The summed E-state index contributed by atoms with van der Waals surface area (Å²) in [4.78, 5) is 16.8. The van der Waals surface area contributed by atoms with Gasteiger partial charge in [-0.15, -0.1) is 0 Å². The molecule has 0 saturated carbocycles. The Labute approximate surface area is 204 Å². The summed E-state index contributed by atoms with van der Waals surface area (Å²) in [5.41, 5.74) is 1.26. The van der Waals surface area contributed by atoms with E-state index in [2.05, 4.69) is 10.3 Å². The zero-order valence-corrected chi connectivity index (χ0v) is 20.0. The van der Waals surface area contributed by atoms with Gasteiger partial charge in [-0.2, -0.15) is 0 Å². The Hall–Kier alpha value is -4.09. The standard InChI is InChI=1S/C27H25N2O5P/c1-2-32-27(30)21-18-19-28-25(20-21)26(29-22-12-6-3-7-13-22)35(31,33-23-14-8-4-9-15-23)34-24-16-10-5-11-17-24/h3-20,26,29H,2H2,1H3. The fourth-order valence-corrected chi connectivity index (χ4v) is 5.18. The molecule has 1 unspecified atom stereocenters. The maximum atomic E-state index is 14.6. The van der Waals surface area contributed by atoms with Crippen molar-refractivity contribution in [3.05, 3.63) is 121 Å². The molecular weight excluding hydrogens is 463 g/mol. The minimum Gasteiger partial charge on any atom is -0.462 e. The Morgan fingerprint density at radius 3 is 1.94 bits per heavy atom. The molecule has 8 heteroatoms. The molecule has 1 atom stereocenters. The van der Waals surface area contributed by atoms with Crippen molar-refractivity contribution >= 4 is 19.3 Å². The highest BCUT2D eigenvalue weighted by Gasteiger charge is 2.42. The van der Waals surface area contributed by atoms with Gasteiger partial charge >= 0.3 is 13.6 Å². The van der Waals surface area contributed by atoms with Crippen LogP contribution in [0, 0.1) is 0 Å². The summed E-state index contributed by atoms with van der Waals surface area (Å²) in [6, 6.07) is 29.9. The fraction of sp³-hybridized carbons (Fsp3) is 0.111. The molecule has 0 saturated heterocycles. The van der Waals surface area contributed by atoms with E-state index >= 15 is 0 Å². The summed E-state index contributed by atoms with van der Waals surface area (Å²) in [5, 5.41) is 3.25. The van der Waals surface area contributed by atoms with Gasteiger partial charge in [0.25, 0.3) is 0 Å². The van der Waals surface area contributed by atoms with E-state index in [1.807, 2.05) is 42.5 Å². The summed E-state index contributed by atoms with van der Waals surface area (Å²) >= 11 is 0. The van der Waals surface area contributed by atoms with Crippen LogP contribution in [0.3, 0.4) is 0 Å². The number of benzene rings is 3. The van der Waals surface area contributed by atoms with Crippen LogP contribution in [0.15, 0.2) is 109 Å². The lowest BCUT2D eigenvalue weighted by Crippen LogP contribution is -2.20. The third-order valence-electron chi connectivity index (χ3n) is 4.92. The Balaban J connectivity index is 1.81. The van der Waals surface area contributed by atoms with Crippen LogP contribution < -0.4 is 14.4 Å². The maximum Gasteiger partial charge on any atom is 0.459 e. The van der Waals surface area contributed by atoms with E-state index in [0.717, 1.165) is 0 Å². The normalized spacial score (nSPS) is 11.8. The number of nitrogens with one attached hydrogen (secondary N) is 1. The topological polar surface area (TPSA) is 86.8 Å². The number of anilines is 1. The predicted molar refractivity (Wildman–Crippen MR) is 135 cm³/mol. The molecule has 1 aromatic heterocycles. The molecule has 35 heavy (non-hydrogen) atoms. The molecule has 0 aliphatic carbocycles. The second-order valence-electron chi connectivity index (χ2n) is 7.45. The summed E-state index contributed by atoms with van der Waals surface area (Å²) in [6.45, 7) is 1.96. The number of aromatic nitrogens is 1. The lowest BCUT2D eigenvalue weighted by atomic mass is 10.2. The van der Waals surface area contributed by atoms with Crippen LogP contribution in [0.25, 0.3) is 0 Å². The van der Waals surface area contributed by atoms with Crippen molar-refractivity contribution in [2.75, 3.05) is 11.9 Å². The SMILES string of the molecule is CCOC(=O)c1ccnc(C(Nc2ccccc2)P(=O)(Oc2ccccc2)Oc2ccccc2)c1. The van der Waals surface area contributed by atoms with Crippen molar-refractivity contribution in [3.63, 3.8) is 0 Å². The van der Waals surface area contributed by atoms with Gasteiger partial charge < -0.3 is 19.1 Å². The van der Waals surface area contributed by atoms with Crippen LogP contribution in [0.5, 0.6) is 11.5 Å². The maximum absolute atomic E-state index is 14.6. The first kappa shape index (κ1) is 24.0. The predicted octanol–water partition coefficient (Wildman–Crippen LogP) is 6.72. The largest absolute Gasteiger partial charge is 0.462 e. The van der Waals surface area contributed by atoms with E-state index in [-0.39, 0.29) is 12.2 Å². The summed E-state index contributed by atoms with van der Waals surface area (Å²) < 4.78 is 31.9. The number of nitrogens with zero attached hydrogens (tertiary/aromatic N) is 1. The van der Waals surface area contributed by atoms with Crippen molar-refractivity contribution in [2.45, 2.75) is 12.7 Å². The van der Waals surface area contributed by atoms with E-state index in [1.54, 1.807) is 61.5 Å². The van der Waals surface area contributed by atoms with E-state index in [9.17, 15) is 9.36 Å². The molecule has 0 amide bonds. The van der Waals surface area contributed by atoms with Crippen molar-refractivity contribution in [2.24, 2.45) is 0 Å². The van der Waals surface area contributed by atoms with E-state index in [4.69, 9.17) is 13.8 Å². The number of hydrogen-bond donors (Lipinski definition) is 1. The second kappa shape index (κ2) is 11.4. The van der Waals surface area contributed by atoms with Crippen LogP contribution in [0.4, 0.5) is 5.69 Å². The molecule has 4 rings (SSSR count). The van der Waals surface area contributed by atoms with Crippen LogP contribution in [0.1, 0.15) is 28.8 Å². The number of carbonyl (C=O) groups is 1. The highest BCUT2D eigenvalue weighted by Crippen LogP contribution is 2.59. The number of ether oxygens (including phenoxy) is 1. The number of hydrogen-bond acceptors (Lipinski definition) is 7. The highest BCUT2D eigenvalue weighted by molar-refractivity contribution is 7.55. The first-order valence-electron chi connectivity index (χ1n) is 11.1. The first-order chi connectivity index (χ1) is 17.1. The molecule has 3 aromatic carbocycles. The monoisotopic (exact) mass is 488 g/mol. The molecule has 0 aliphatic rings. The van der Waals surface area contributed by atoms with Gasteiger partial charge in [0, 0.05) is 11.9 Å². The van der Waals surface area contributed by atoms with Gasteiger partial charge in [-0.1, -0.05) is 54.6 Å². The van der Waals surface area contributed by atoms with Crippen LogP contribution >= 0.6 is 7.60 Å². The van der Waals surface area contributed by atoms with Gasteiger partial charge in [-0.3, -0.25) is 4.98 Å². The van der Waals surface area contributed by atoms with Crippen LogP contribution in [0.2, 0.25) is 0 Å². The number of carbonyl (C=O) groups excluding carboxylic acids is 1. The molecular formula is C27H25N2O5P. The molecule has 4 aromatic rings. The average Bonchev–Trinajstić information content (AvgIpc) is 2.89. The zero-order chi connectivity index (χ0) is 24.5. The Bertz CT molecular complexity index is 1240. The average molecular weight is 488 g/mol. The Morgan fingerprint density at radius 2 is 1.40 bits per heavy atom. The summed E-state index contributed by atoms with van der Waals surface area (Å²) in [6.07, 6.45) is 1.47. The minimum atomic E-state index is -4.05. The quantitative estimate of drug-likeness (QED) is 0.196. The number of para-hydroxylation sites is 3. The molecule has 178 valence electrons. The van der Waals surface area contributed by atoms with Crippen molar-refractivity contribution < 1.29 is 23.1 Å². The molecule has 1 N–H and O–H groups in total. The molecule has 7 nitrogen and oxygen atoms in total.